The summed E-state index contributed by atoms with van der Waals surface area (Å²) >= 11 is 0. The summed E-state index contributed by atoms with van der Waals surface area (Å²) in [6.45, 7) is -0.117. The van der Waals surface area contributed by atoms with Crippen molar-refractivity contribution in [2.24, 2.45) is 0 Å². The molecule has 0 radical (unpaired) electrons. The van der Waals surface area contributed by atoms with Gasteiger partial charge in [-0.2, -0.15) is 0 Å². The van der Waals surface area contributed by atoms with Gasteiger partial charge in [0.2, 0.25) is 23.8 Å². The van der Waals surface area contributed by atoms with E-state index in [-0.39, 0.29) is 39.9 Å². The zero-order valence-electron chi connectivity index (χ0n) is 34.8. The second-order valence-corrected chi connectivity index (χ2v) is 15.6. The minimum Gasteiger partial charge on any atom is -0.508 e. The Labute approximate surface area is 372 Å². The first-order valence-electron chi connectivity index (χ1n) is 20.3. The van der Waals surface area contributed by atoms with Gasteiger partial charge in [0.05, 0.1) is 19.8 Å². The molecule has 3 aliphatic heterocycles. The van der Waals surface area contributed by atoms with E-state index in [0.29, 0.717) is 5.56 Å². The summed E-state index contributed by atoms with van der Waals surface area (Å²) in [5, 5.41) is 126. The number of aliphatic hydroxyl groups is 9. The minimum absolute atomic E-state index is 0.102. The monoisotopic (exact) mass is 932 g/mol. The minimum atomic E-state index is -2.00. The Bertz CT molecular complexity index is 2420. The van der Waals surface area contributed by atoms with E-state index in [1.165, 1.54) is 62.6 Å². The molecule has 0 bridgehead atoms. The first kappa shape index (κ1) is 48.3. The number of aromatic hydroxyl groups is 3. The normalized spacial score (nSPS) is 32.6. The number of rotatable bonds is 13. The van der Waals surface area contributed by atoms with Crippen molar-refractivity contribution in [3.63, 3.8) is 0 Å². The highest BCUT2D eigenvalue weighted by Gasteiger charge is 2.51. The highest BCUT2D eigenvalue weighted by molar-refractivity contribution is 5.88. The molecular weight excluding hydrogens is 884 g/mol. The van der Waals surface area contributed by atoms with E-state index < -0.39 is 134 Å². The third kappa shape index (κ3) is 9.89. The van der Waals surface area contributed by atoms with Crippen LogP contribution in [0.2, 0.25) is 0 Å². The lowest BCUT2D eigenvalue weighted by atomic mass is 9.97. The Hall–Kier alpha value is -5.64. The fourth-order valence-electron chi connectivity index (χ4n) is 7.39. The average Bonchev–Trinajstić information content (AvgIpc) is 3.29. The maximum atomic E-state index is 14.1. The smallest absolute Gasteiger partial charge is 0.330 e. The molecule has 3 aromatic carbocycles. The van der Waals surface area contributed by atoms with Crippen LogP contribution >= 0.6 is 0 Å². The quantitative estimate of drug-likeness (QED) is 0.0512. The Balaban J connectivity index is 1.14. The number of fused-ring (bicyclic) bond motifs is 1. The molecular formula is C43H48O23. The number of hydrogen-bond acceptors (Lipinski definition) is 23. The van der Waals surface area contributed by atoms with Gasteiger partial charge in [0.1, 0.15) is 95.9 Å². The topological polar surface area (TPSA) is 364 Å². The molecule has 4 heterocycles. The summed E-state index contributed by atoms with van der Waals surface area (Å²) < 4.78 is 50.8. The third-order valence-corrected chi connectivity index (χ3v) is 11.1. The number of carbonyl (C=O) groups excluding carboxylic acids is 1. The van der Waals surface area contributed by atoms with Crippen molar-refractivity contribution in [1.82, 2.24) is 0 Å². The van der Waals surface area contributed by atoms with Gasteiger partial charge >= 0.3 is 5.97 Å². The van der Waals surface area contributed by atoms with Crippen molar-refractivity contribution >= 4 is 23.0 Å². The summed E-state index contributed by atoms with van der Waals surface area (Å²) in [6, 6.07) is 11.5. The molecule has 0 spiro atoms. The van der Waals surface area contributed by atoms with Crippen molar-refractivity contribution in [2.45, 2.75) is 99.0 Å². The predicted octanol–water partition coefficient (Wildman–Crippen LogP) is -1.94. The summed E-state index contributed by atoms with van der Waals surface area (Å²) in [5.41, 5.74) is -0.856. The van der Waals surface area contributed by atoms with E-state index in [0.717, 1.165) is 18.2 Å². The van der Waals surface area contributed by atoms with Crippen molar-refractivity contribution in [3.05, 3.63) is 76.5 Å². The van der Waals surface area contributed by atoms with Crippen LogP contribution in [0.4, 0.5) is 0 Å². The summed E-state index contributed by atoms with van der Waals surface area (Å²) in [4.78, 5) is 26.7. The molecule has 23 nitrogen and oxygen atoms in total. The van der Waals surface area contributed by atoms with Crippen LogP contribution in [0, 0.1) is 0 Å². The van der Waals surface area contributed by atoms with E-state index in [1.54, 1.807) is 0 Å². The molecule has 15 atom stereocenters. The molecule has 4 aromatic rings. The van der Waals surface area contributed by atoms with Crippen LogP contribution in [0.15, 0.2) is 69.9 Å². The third-order valence-electron chi connectivity index (χ3n) is 11.1. The molecule has 3 fully saturated rings. The lowest BCUT2D eigenvalue weighted by Gasteiger charge is -2.45. The maximum Gasteiger partial charge on any atom is 0.330 e. The van der Waals surface area contributed by atoms with E-state index in [2.05, 4.69) is 0 Å². The molecule has 0 amide bonds. The van der Waals surface area contributed by atoms with Crippen LogP contribution in [0.5, 0.6) is 34.5 Å². The van der Waals surface area contributed by atoms with Gasteiger partial charge in [-0.3, -0.25) is 4.79 Å². The fourth-order valence-corrected chi connectivity index (χ4v) is 7.39. The second kappa shape index (κ2) is 20.1. The summed E-state index contributed by atoms with van der Waals surface area (Å²) in [5.74, 6) is -3.19. The number of esters is 1. The highest BCUT2D eigenvalue weighted by Crippen LogP contribution is 2.39. The predicted molar refractivity (Wildman–Crippen MR) is 219 cm³/mol. The van der Waals surface area contributed by atoms with Crippen LogP contribution < -0.4 is 19.6 Å². The number of aliphatic hydroxyl groups excluding tert-OH is 9. The maximum absolute atomic E-state index is 14.1. The van der Waals surface area contributed by atoms with Crippen molar-refractivity contribution in [3.8, 4) is 45.8 Å². The zero-order chi connectivity index (χ0) is 47.7. The number of benzene rings is 3. The molecule has 3 saturated heterocycles. The van der Waals surface area contributed by atoms with Crippen molar-refractivity contribution in [1.29, 1.82) is 0 Å². The highest BCUT2D eigenvalue weighted by atomic mass is 16.8. The van der Waals surface area contributed by atoms with Gasteiger partial charge in [0.15, 0.2) is 29.7 Å². The number of hydrogen-bond donors (Lipinski definition) is 12. The van der Waals surface area contributed by atoms with Gasteiger partial charge in [-0.25, -0.2) is 4.79 Å². The number of phenols is 3. The first-order valence-corrected chi connectivity index (χ1v) is 20.3. The molecule has 0 saturated carbocycles. The van der Waals surface area contributed by atoms with Gasteiger partial charge in [0, 0.05) is 23.8 Å². The Morgan fingerprint density at radius 1 is 0.712 bits per heavy atom. The first-order chi connectivity index (χ1) is 31.4. The molecule has 66 heavy (non-hydrogen) atoms. The van der Waals surface area contributed by atoms with Gasteiger partial charge < -0.3 is 104 Å². The molecule has 358 valence electrons. The van der Waals surface area contributed by atoms with Gasteiger partial charge in [-0.05, 0) is 55.0 Å². The zero-order valence-corrected chi connectivity index (χ0v) is 34.8. The number of phenolic OH excluding ortho intramolecular Hbond substituents is 3. The van der Waals surface area contributed by atoms with E-state index in [4.69, 9.17) is 42.3 Å². The van der Waals surface area contributed by atoms with Crippen LogP contribution in [0.25, 0.3) is 28.4 Å². The molecule has 3 aliphatic rings. The molecule has 7 rings (SSSR count). The van der Waals surface area contributed by atoms with Crippen LogP contribution in [0.3, 0.4) is 0 Å². The SMILES string of the molecule is COc1cc(C=CC(=O)OCC2OC(OC3C(Oc4cc(O)c5c(=O)c(OC6OC(CO)C(O)C(O)C6O)c(-c6ccc(O)cc6)oc5c4)OC(C)C(O)C3O)C(O)C(O)C2O)ccc1O. The van der Waals surface area contributed by atoms with E-state index >= 15 is 0 Å². The molecule has 0 aliphatic carbocycles. The Morgan fingerprint density at radius 2 is 1.38 bits per heavy atom. The van der Waals surface area contributed by atoms with Crippen LogP contribution in [0.1, 0.15) is 12.5 Å². The lowest BCUT2D eigenvalue weighted by Crippen LogP contribution is -2.64. The van der Waals surface area contributed by atoms with Crippen LogP contribution in [-0.4, -0.2) is 180 Å². The lowest BCUT2D eigenvalue weighted by molar-refractivity contribution is -0.355. The standard InChI is InChI=1S/C43H48O23/c1-16-29(49)35(55)40(66-42-37(57)34(54)31(51)26(64-42)15-59-27(48)10-4-17-3-9-21(46)23(11-17)58-2)43(60-16)61-20-12-22(47)28-24(13-20)62-38(18-5-7-19(45)8-6-18)39(32(28)52)65-41-36(56)33(53)30(50)25(14-44)63-41/h3-13,16,25-26,29-31,33-37,40-47,49-51,53-57H,14-15H2,1-2H3. The molecule has 15 unspecified atom stereocenters. The van der Waals surface area contributed by atoms with E-state index in [9.17, 15) is 70.9 Å². The van der Waals surface area contributed by atoms with Crippen LogP contribution in [-0.2, 0) is 28.5 Å². The van der Waals surface area contributed by atoms with Crippen molar-refractivity contribution in [2.75, 3.05) is 20.3 Å². The number of ether oxygens (including phenoxy) is 8. The second-order valence-electron chi connectivity index (χ2n) is 15.6. The molecule has 12 N–H and O–H groups in total. The fraction of sp³-hybridized carbons (Fsp3) is 0.442. The number of methoxy groups -OCH3 is 1. The molecule has 23 heteroatoms. The molecule has 1 aromatic heterocycles. The van der Waals surface area contributed by atoms with Crippen molar-refractivity contribution < 1.29 is 108 Å². The Morgan fingerprint density at radius 3 is 2.06 bits per heavy atom. The van der Waals surface area contributed by atoms with Gasteiger partial charge in [-0.15, -0.1) is 0 Å². The largest absolute Gasteiger partial charge is 0.508 e. The average molecular weight is 933 g/mol. The summed E-state index contributed by atoms with van der Waals surface area (Å²) in [7, 11) is 1.34. The Kier molecular flexibility index (Phi) is 14.7. The van der Waals surface area contributed by atoms with E-state index in [1.807, 2.05) is 0 Å². The van der Waals surface area contributed by atoms with Gasteiger partial charge in [-0.1, -0.05) is 6.07 Å². The van der Waals surface area contributed by atoms with Gasteiger partial charge in [0.25, 0.3) is 0 Å². The number of carbonyl (C=O) groups is 1. The summed E-state index contributed by atoms with van der Waals surface area (Å²) in [6.07, 6.45) is -23.9.